The van der Waals surface area contributed by atoms with Crippen LogP contribution in [0.2, 0.25) is 0 Å². The van der Waals surface area contributed by atoms with Gasteiger partial charge in [-0.25, -0.2) is 13.8 Å². The molecule has 1 aliphatic heterocycles. The van der Waals surface area contributed by atoms with Crippen LogP contribution in [0.15, 0.2) is 41.1 Å². The molecular weight excluding hydrogens is 432 g/mol. The smallest absolute Gasteiger partial charge is 0.269 e. The zero-order chi connectivity index (χ0) is 23.8. The Labute approximate surface area is 188 Å². The Hall–Kier alpha value is -3.93. The number of allylic oxidation sites excluding steroid dienone is 2. The fourth-order valence-corrected chi connectivity index (χ4v) is 3.27. The molecule has 0 atom stereocenters. The molecule has 172 valence electrons. The highest BCUT2D eigenvalue weighted by atomic mass is 19.3. The molecule has 0 aromatic carbocycles. The number of alkyl halides is 2. The van der Waals surface area contributed by atoms with Crippen LogP contribution in [0.25, 0.3) is 11.2 Å². The zero-order valence-electron chi connectivity index (χ0n) is 18.5. The number of anilines is 2. The summed E-state index contributed by atoms with van der Waals surface area (Å²) in [6.45, 7) is 6.14. The molecule has 0 unspecified atom stereocenters. The second kappa shape index (κ2) is 8.54. The normalized spacial score (nSPS) is 15.4. The van der Waals surface area contributed by atoms with Gasteiger partial charge in [-0.15, -0.1) is 0 Å². The van der Waals surface area contributed by atoms with Gasteiger partial charge in [0.2, 0.25) is 11.7 Å². The third-order valence-electron chi connectivity index (χ3n) is 5.04. The maximum Gasteiger partial charge on any atom is 0.269 e. The van der Waals surface area contributed by atoms with Crippen molar-refractivity contribution in [2.24, 2.45) is 12.0 Å². The topological polar surface area (TPSA) is 133 Å². The van der Waals surface area contributed by atoms with Crippen molar-refractivity contribution in [3.8, 4) is 5.75 Å². The van der Waals surface area contributed by atoms with E-state index in [-0.39, 0.29) is 33.7 Å². The van der Waals surface area contributed by atoms with Crippen LogP contribution in [0, 0.1) is 5.41 Å². The summed E-state index contributed by atoms with van der Waals surface area (Å²) in [5, 5.41) is 19.6. The number of pyridine rings is 1. The van der Waals surface area contributed by atoms with Crippen molar-refractivity contribution in [1.82, 2.24) is 24.7 Å². The van der Waals surface area contributed by atoms with Crippen molar-refractivity contribution in [3.63, 3.8) is 0 Å². The SMILES string of the molecule is Cn1c(Nc2cc(C(C)(C)C)[nH]n2)nc2ncc(O/C(C=N)=C3\C=NC=C[NH2+]3)c(C(F)F)c21. The Bertz CT molecular complexity index is 1300. The number of ether oxygens (including phenoxy) is 1. The summed E-state index contributed by atoms with van der Waals surface area (Å²) in [6.07, 6.45) is 3.97. The number of hydrogen-bond acceptors (Lipinski definition) is 7. The van der Waals surface area contributed by atoms with E-state index in [9.17, 15) is 8.78 Å². The molecule has 12 heteroatoms. The first-order chi connectivity index (χ1) is 15.7. The number of imidazole rings is 1. The summed E-state index contributed by atoms with van der Waals surface area (Å²) in [6, 6.07) is 1.84. The molecule has 3 aromatic rings. The Morgan fingerprint density at radius 2 is 2.15 bits per heavy atom. The minimum atomic E-state index is -2.87. The lowest BCUT2D eigenvalue weighted by Crippen LogP contribution is -2.77. The van der Waals surface area contributed by atoms with E-state index in [1.165, 1.54) is 17.0 Å². The fraction of sp³-hybridized carbons (Fsp3) is 0.286. The number of H-pyrrole nitrogens is 1. The molecule has 1 aliphatic rings. The van der Waals surface area contributed by atoms with Gasteiger partial charge >= 0.3 is 0 Å². The fourth-order valence-electron chi connectivity index (χ4n) is 3.27. The highest BCUT2D eigenvalue weighted by Gasteiger charge is 2.26. The van der Waals surface area contributed by atoms with Gasteiger partial charge in [0.1, 0.15) is 11.7 Å². The number of nitrogens with zero attached hydrogens (tertiary/aromatic N) is 5. The number of aryl methyl sites for hydroxylation is 1. The number of fused-ring (bicyclic) bond motifs is 1. The number of aliphatic imine (C=N–C) groups is 1. The lowest BCUT2D eigenvalue weighted by atomic mass is 9.92. The van der Waals surface area contributed by atoms with E-state index in [4.69, 9.17) is 10.1 Å². The molecule has 0 bridgehead atoms. The summed E-state index contributed by atoms with van der Waals surface area (Å²) >= 11 is 0. The van der Waals surface area contributed by atoms with Crippen molar-refractivity contribution >= 4 is 35.4 Å². The van der Waals surface area contributed by atoms with Gasteiger partial charge < -0.3 is 20.0 Å². The van der Waals surface area contributed by atoms with Crippen LogP contribution in [0.4, 0.5) is 20.5 Å². The molecule has 0 fully saturated rings. The quantitative estimate of drug-likeness (QED) is 0.334. The number of nitrogens with two attached hydrogens (primary N) is 1. The third-order valence-corrected chi connectivity index (χ3v) is 5.04. The predicted octanol–water partition coefficient (Wildman–Crippen LogP) is 3.03. The van der Waals surface area contributed by atoms with Crippen molar-refractivity contribution in [1.29, 1.82) is 5.41 Å². The van der Waals surface area contributed by atoms with E-state index >= 15 is 0 Å². The molecule has 0 aliphatic carbocycles. The highest BCUT2D eigenvalue weighted by molar-refractivity contribution is 5.87. The molecule has 4 rings (SSSR count). The summed E-state index contributed by atoms with van der Waals surface area (Å²) in [5.74, 6) is 0.707. The van der Waals surface area contributed by atoms with Crippen LogP contribution in [-0.4, -0.2) is 37.2 Å². The Morgan fingerprint density at radius 3 is 2.76 bits per heavy atom. The number of halogens is 2. The minimum absolute atomic E-state index is 0.0675. The second-order valence-corrected chi connectivity index (χ2v) is 8.40. The molecule has 33 heavy (non-hydrogen) atoms. The summed E-state index contributed by atoms with van der Waals surface area (Å²) in [5.41, 5.74) is 1.14. The van der Waals surface area contributed by atoms with E-state index < -0.39 is 6.43 Å². The molecule has 10 nitrogen and oxygen atoms in total. The van der Waals surface area contributed by atoms with Crippen molar-refractivity contribution < 1.29 is 18.8 Å². The van der Waals surface area contributed by atoms with E-state index in [2.05, 4.69) is 30.5 Å². The van der Waals surface area contributed by atoms with Crippen LogP contribution in [0.3, 0.4) is 0 Å². The van der Waals surface area contributed by atoms with Crippen molar-refractivity contribution in [2.45, 2.75) is 32.6 Å². The van der Waals surface area contributed by atoms with Gasteiger partial charge in [-0.1, -0.05) is 20.8 Å². The second-order valence-electron chi connectivity index (χ2n) is 8.40. The van der Waals surface area contributed by atoms with Gasteiger partial charge in [0.25, 0.3) is 6.43 Å². The maximum absolute atomic E-state index is 14.2. The lowest BCUT2D eigenvalue weighted by molar-refractivity contribution is -0.528. The predicted molar refractivity (Wildman–Crippen MR) is 120 cm³/mol. The van der Waals surface area contributed by atoms with Gasteiger partial charge in [0.05, 0.1) is 30.4 Å². The summed E-state index contributed by atoms with van der Waals surface area (Å²) in [4.78, 5) is 12.5. The van der Waals surface area contributed by atoms with Crippen molar-refractivity contribution in [2.75, 3.05) is 5.32 Å². The van der Waals surface area contributed by atoms with E-state index in [0.29, 0.717) is 17.5 Å². The van der Waals surface area contributed by atoms with Gasteiger partial charge in [-0.3, -0.25) is 15.4 Å². The number of rotatable bonds is 6. The number of quaternary nitrogens is 1. The molecule has 0 amide bonds. The number of hydrogen-bond donors (Lipinski definition) is 4. The van der Waals surface area contributed by atoms with E-state index in [1.54, 1.807) is 24.8 Å². The molecule has 0 radical (unpaired) electrons. The number of nitrogens with one attached hydrogen (secondary N) is 3. The highest BCUT2D eigenvalue weighted by Crippen LogP contribution is 2.37. The zero-order valence-corrected chi connectivity index (χ0v) is 18.5. The van der Waals surface area contributed by atoms with Gasteiger partial charge in [-0.2, -0.15) is 10.1 Å². The first kappa shape index (κ1) is 22.3. The monoisotopic (exact) mass is 456 g/mol. The Balaban J connectivity index is 1.74. The van der Waals surface area contributed by atoms with Gasteiger partial charge in [0.15, 0.2) is 22.9 Å². The average Bonchev–Trinajstić information content (AvgIpc) is 3.37. The average molecular weight is 456 g/mol. The molecule has 3 aromatic heterocycles. The van der Waals surface area contributed by atoms with Gasteiger partial charge in [0, 0.05) is 24.2 Å². The number of aromatic amines is 1. The minimum Gasteiger partial charge on any atom is -0.447 e. The molecular formula is C21H24F2N9O+. The Morgan fingerprint density at radius 1 is 1.36 bits per heavy atom. The van der Waals surface area contributed by atoms with Crippen LogP contribution in [-0.2, 0) is 12.5 Å². The first-order valence-corrected chi connectivity index (χ1v) is 10.1. The number of aromatic nitrogens is 5. The lowest BCUT2D eigenvalue weighted by Gasteiger charge is -2.14. The first-order valence-electron chi connectivity index (χ1n) is 10.1. The van der Waals surface area contributed by atoms with Crippen LogP contribution in [0.5, 0.6) is 5.75 Å². The molecule has 0 saturated heterocycles. The molecule has 4 heterocycles. The van der Waals surface area contributed by atoms with E-state index in [1.807, 2.05) is 26.8 Å². The standard InChI is InChI=1S/C21H23F2N9O/c1-21(2,3)14-7-15(31-30-14)28-20-29-19-17(32(20)4)16(18(22)23)13(10-27-19)33-12(8-24)11-9-25-5-6-26-11/h5-10,18,24,26H,1-4H3,(H2,27,28,29,30,31)/p+1/b12-11+,24-8?. The largest absolute Gasteiger partial charge is 0.447 e. The van der Waals surface area contributed by atoms with Crippen molar-refractivity contribution in [3.05, 3.63) is 47.4 Å². The van der Waals surface area contributed by atoms with Crippen LogP contribution < -0.4 is 15.4 Å². The Kier molecular flexibility index (Phi) is 5.77. The molecule has 5 N–H and O–H groups in total. The molecule has 0 saturated carbocycles. The van der Waals surface area contributed by atoms with Gasteiger partial charge in [-0.05, 0) is 0 Å². The molecule has 0 spiro atoms. The van der Waals surface area contributed by atoms with Crippen LogP contribution in [0.1, 0.15) is 38.5 Å². The maximum atomic E-state index is 14.2. The third kappa shape index (κ3) is 4.37. The summed E-state index contributed by atoms with van der Waals surface area (Å²) < 4.78 is 35.6. The van der Waals surface area contributed by atoms with Crippen LogP contribution >= 0.6 is 0 Å². The summed E-state index contributed by atoms with van der Waals surface area (Å²) in [7, 11) is 1.61. The van der Waals surface area contributed by atoms with E-state index in [0.717, 1.165) is 11.9 Å².